The molecule has 0 atom stereocenters. The third-order valence-electron chi connectivity index (χ3n) is 2.89. The number of hydrogen-bond donors (Lipinski definition) is 1. The summed E-state index contributed by atoms with van der Waals surface area (Å²) in [6.45, 7) is 2.63. The van der Waals surface area contributed by atoms with Gasteiger partial charge in [0, 0.05) is 17.2 Å². The van der Waals surface area contributed by atoms with Crippen molar-refractivity contribution >= 4 is 35.0 Å². The molecule has 0 aliphatic carbocycles. The number of thioether (sulfide) groups is 1. The van der Waals surface area contributed by atoms with E-state index in [1.165, 1.54) is 17.6 Å². The summed E-state index contributed by atoms with van der Waals surface area (Å²) < 4.78 is 4.62. The first-order valence-corrected chi connectivity index (χ1v) is 8.56. The summed E-state index contributed by atoms with van der Waals surface area (Å²) in [7, 11) is 1.32. The predicted octanol–water partition coefficient (Wildman–Crippen LogP) is 3.37. The molecule has 0 radical (unpaired) electrons. The average Bonchev–Trinajstić information content (AvgIpc) is 3.02. The van der Waals surface area contributed by atoms with Gasteiger partial charge in [-0.2, -0.15) is 0 Å². The molecule has 0 bridgehead atoms. The molecule has 1 aromatic heterocycles. The van der Waals surface area contributed by atoms with Crippen molar-refractivity contribution in [3.8, 4) is 0 Å². The lowest BCUT2D eigenvalue weighted by atomic mass is 10.2. The number of hydrogen-bond acceptors (Lipinski definition) is 5. The number of amides is 1. The van der Waals surface area contributed by atoms with Crippen LogP contribution in [0.3, 0.4) is 0 Å². The number of carbonyl (C=O) groups is 2. The lowest BCUT2D eigenvalue weighted by Gasteiger charge is -2.04. The monoisotopic (exact) mass is 335 g/mol. The van der Waals surface area contributed by atoms with Gasteiger partial charge in [0.25, 0.3) is 5.91 Å². The molecule has 2 rings (SSSR count). The van der Waals surface area contributed by atoms with Gasteiger partial charge in [-0.3, -0.25) is 4.79 Å². The Morgan fingerprint density at radius 1 is 1.14 bits per heavy atom. The minimum absolute atomic E-state index is 0.162. The van der Waals surface area contributed by atoms with E-state index < -0.39 is 5.97 Å². The van der Waals surface area contributed by atoms with Crippen LogP contribution in [0.2, 0.25) is 0 Å². The van der Waals surface area contributed by atoms with E-state index >= 15 is 0 Å². The van der Waals surface area contributed by atoms with Crippen LogP contribution in [0.4, 0.5) is 0 Å². The summed E-state index contributed by atoms with van der Waals surface area (Å²) in [5.74, 6) is 0.216. The fourth-order valence-corrected chi connectivity index (χ4v) is 3.33. The number of ether oxygens (including phenoxy) is 1. The predicted molar refractivity (Wildman–Crippen MR) is 89.9 cm³/mol. The number of esters is 1. The zero-order valence-electron chi connectivity index (χ0n) is 12.4. The Morgan fingerprint density at radius 2 is 1.82 bits per heavy atom. The van der Waals surface area contributed by atoms with Crippen LogP contribution >= 0.6 is 23.1 Å². The van der Waals surface area contributed by atoms with Crippen molar-refractivity contribution in [3.05, 3.63) is 51.7 Å². The Kier molecular flexibility index (Phi) is 6.03. The normalized spacial score (nSPS) is 10.3. The summed E-state index contributed by atoms with van der Waals surface area (Å²) in [5, 5.41) is 2.85. The largest absolute Gasteiger partial charge is 0.465 e. The molecule has 0 fully saturated rings. The molecule has 6 heteroatoms. The van der Waals surface area contributed by atoms with Crippen molar-refractivity contribution < 1.29 is 14.3 Å². The molecule has 4 nitrogen and oxygen atoms in total. The smallest absolute Gasteiger partial charge is 0.348 e. The Bertz CT molecular complexity index is 650. The van der Waals surface area contributed by atoms with E-state index in [9.17, 15) is 9.59 Å². The molecular formula is C16H17NO3S2. The van der Waals surface area contributed by atoms with Crippen LogP contribution in [0, 0.1) is 6.92 Å². The highest BCUT2D eigenvalue weighted by molar-refractivity contribution is 7.99. The van der Waals surface area contributed by atoms with E-state index in [4.69, 9.17) is 0 Å². The molecule has 0 saturated heterocycles. The average molecular weight is 335 g/mol. The highest BCUT2D eigenvalue weighted by Gasteiger charge is 2.13. The van der Waals surface area contributed by atoms with Crippen LogP contribution in [0.1, 0.15) is 24.9 Å². The van der Waals surface area contributed by atoms with E-state index in [1.807, 2.05) is 0 Å². The van der Waals surface area contributed by atoms with Gasteiger partial charge in [0.2, 0.25) is 0 Å². The zero-order valence-corrected chi connectivity index (χ0v) is 14.1. The van der Waals surface area contributed by atoms with E-state index in [0.29, 0.717) is 16.3 Å². The molecule has 1 aromatic carbocycles. The van der Waals surface area contributed by atoms with Gasteiger partial charge in [0.1, 0.15) is 4.88 Å². The summed E-state index contributed by atoms with van der Waals surface area (Å²) in [6.07, 6.45) is 0. The van der Waals surface area contributed by atoms with Crippen molar-refractivity contribution in [3.63, 3.8) is 0 Å². The van der Waals surface area contributed by atoms with Crippen molar-refractivity contribution in [2.75, 3.05) is 19.4 Å². The van der Waals surface area contributed by atoms with Crippen LogP contribution in [0.15, 0.2) is 41.3 Å². The van der Waals surface area contributed by atoms with Crippen LogP contribution in [-0.2, 0) is 4.74 Å². The van der Waals surface area contributed by atoms with Gasteiger partial charge in [-0.15, -0.1) is 23.1 Å². The van der Waals surface area contributed by atoms with Gasteiger partial charge in [-0.05, 0) is 31.2 Å². The van der Waals surface area contributed by atoms with Gasteiger partial charge in [0.05, 0.1) is 12.0 Å². The number of carbonyl (C=O) groups excluding carboxylic acids is 2. The first-order chi connectivity index (χ1) is 10.6. The topological polar surface area (TPSA) is 55.4 Å². The molecule has 0 aliphatic rings. The summed E-state index contributed by atoms with van der Waals surface area (Å²) in [5.41, 5.74) is 1.23. The highest BCUT2D eigenvalue weighted by atomic mass is 32.2. The van der Waals surface area contributed by atoms with Gasteiger partial charge in [-0.1, -0.05) is 17.7 Å². The molecule has 0 aliphatic heterocycles. The van der Waals surface area contributed by atoms with Gasteiger partial charge < -0.3 is 10.1 Å². The van der Waals surface area contributed by atoms with Gasteiger partial charge >= 0.3 is 5.97 Å². The minimum atomic E-state index is -0.418. The molecule has 0 unspecified atom stereocenters. The van der Waals surface area contributed by atoms with Gasteiger partial charge in [-0.25, -0.2) is 4.79 Å². The first-order valence-electron chi connectivity index (χ1n) is 6.76. The number of nitrogens with one attached hydrogen (secondary N) is 1. The maximum Gasteiger partial charge on any atom is 0.348 e. The number of methoxy groups -OCH3 is 1. The van der Waals surface area contributed by atoms with Crippen molar-refractivity contribution in [2.45, 2.75) is 11.8 Å². The van der Waals surface area contributed by atoms with Crippen LogP contribution in [0.5, 0.6) is 0 Å². The molecule has 1 amide bonds. The Hall–Kier alpha value is -1.79. The fraction of sp³-hybridized carbons (Fsp3) is 0.250. The fourth-order valence-electron chi connectivity index (χ4n) is 1.73. The number of aryl methyl sites for hydroxylation is 1. The van der Waals surface area contributed by atoms with Crippen LogP contribution in [0.25, 0.3) is 0 Å². The number of thiophene rings is 1. The van der Waals surface area contributed by atoms with E-state index in [-0.39, 0.29) is 5.91 Å². The lowest BCUT2D eigenvalue weighted by molar-refractivity contribution is 0.0606. The molecule has 1 N–H and O–H groups in total. The Balaban J connectivity index is 1.77. The lowest BCUT2D eigenvalue weighted by Crippen LogP contribution is -2.24. The molecule has 0 spiro atoms. The van der Waals surface area contributed by atoms with E-state index in [1.54, 1.807) is 23.9 Å². The van der Waals surface area contributed by atoms with Crippen molar-refractivity contribution in [2.24, 2.45) is 0 Å². The summed E-state index contributed by atoms with van der Waals surface area (Å²) in [4.78, 5) is 25.4. The third-order valence-corrected chi connectivity index (χ3v) is 4.97. The molecular weight excluding hydrogens is 318 g/mol. The standard InChI is InChI=1S/C16H17NO3S2/c1-11-3-5-12(6-4-11)21-10-9-17-15(18)13-7-8-14(22-13)16(19)20-2/h3-8H,9-10H2,1-2H3,(H,17,18). The van der Waals surface area contributed by atoms with Gasteiger partial charge in [0.15, 0.2) is 0 Å². The minimum Gasteiger partial charge on any atom is -0.465 e. The number of rotatable bonds is 6. The molecule has 22 heavy (non-hydrogen) atoms. The second-order valence-corrected chi connectivity index (χ2v) is 6.82. The molecule has 2 aromatic rings. The second kappa shape index (κ2) is 8.00. The number of benzene rings is 1. The van der Waals surface area contributed by atoms with E-state index in [2.05, 4.69) is 41.2 Å². The maximum atomic E-state index is 12.0. The molecule has 1 heterocycles. The highest BCUT2D eigenvalue weighted by Crippen LogP contribution is 2.19. The maximum absolute atomic E-state index is 12.0. The van der Waals surface area contributed by atoms with Crippen LogP contribution in [-0.4, -0.2) is 31.3 Å². The Morgan fingerprint density at radius 3 is 2.50 bits per heavy atom. The zero-order chi connectivity index (χ0) is 15.9. The Labute approximate surface area is 137 Å². The van der Waals surface area contributed by atoms with Crippen molar-refractivity contribution in [1.82, 2.24) is 5.32 Å². The van der Waals surface area contributed by atoms with Crippen LogP contribution < -0.4 is 5.32 Å². The van der Waals surface area contributed by atoms with Crippen molar-refractivity contribution in [1.29, 1.82) is 0 Å². The SMILES string of the molecule is COC(=O)c1ccc(C(=O)NCCSc2ccc(C)cc2)s1. The quantitative estimate of drug-likeness (QED) is 0.500. The first kappa shape index (κ1) is 16.6. The molecule has 116 valence electrons. The van der Waals surface area contributed by atoms with E-state index in [0.717, 1.165) is 17.1 Å². The third kappa shape index (κ3) is 4.61. The summed E-state index contributed by atoms with van der Waals surface area (Å²) >= 11 is 2.83. The second-order valence-electron chi connectivity index (χ2n) is 4.57. The molecule has 0 saturated carbocycles. The summed E-state index contributed by atoms with van der Waals surface area (Å²) in [6, 6.07) is 11.5.